The fourth-order valence-corrected chi connectivity index (χ4v) is 6.29. The number of anilines is 2. The maximum atomic E-state index is 12.1. The minimum atomic E-state index is -3.55. The normalized spacial score (nSPS) is 17.3. The van der Waals surface area contributed by atoms with Crippen molar-refractivity contribution in [3.8, 4) is 11.4 Å². The molecule has 5 rings (SSSR count). The van der Waals surface area contributed by atoms with Gasteiger partial charge in [0.1, 0.15) is 5.75 Å². The van der Waals surface area contributed by atoms with E-state index in [1.807, 2.05) is 60.4 Å². The number of aromatic nitrogens is 2. The minimum absolute atomic E-state index is 0.271. The number of methoxy groups -OCH3 is 1. The van der Waals surface area contributed by atoms with Gasteiger partial charge in [-0.1, -0.05) is 29.8 Å². The predicted octanol–water partition coefficient (Wildman–Crippen LogP) is 5.70. The van der Waals surface area contributed by atoms with Gasteiger partial charge in [0, 0.05) is 23.3 Å². The van der Waals surface area contributed by atoms with Crippen molar-refractivity contribution < 1.29 is 13.2 Å². The Balaban J connectivity index is 1.69. The zero-order valence-corrected chi connectivity index (χ0v) is 24.2. The van der Waals surface area contributed by atoms with Crippen LogP contribution < -0.4 is 19.7 Å². The Hall–Kier alpha value is -3.60. The lowest BCUT2D eigenvalue weighted by molar-refractivity contribution is 0.417. The Morgan fingerprint density at radius 3 is 2.49 bits per heavy atom. The number of nitrogens with one attached hydrogen (secondary N) is 2. The molecule has 11 heteroatoms. The number of ether oxygens (including phenoxy) is 1. The topological polar surface area (TPSA) is 88.5 Å². The molecule has 1 saturated heterocycles. The lowest BCUT2D eigenvalue weighted by Crippen LogP contribution is -2.29. The molecule has 1 aliphatic rings. The average molecular weight is 582 g/mol. The van der Waals surface area contributed by atoms with Crippen LogP contribution in [0.15, 0.2) is 72.9 Å². The molecule has 1 aliphatic heterocycles. The summed E-state index contributed by atoms with van der Waals surface area (Å²) in [5.41, 5.74) is 5.79. The van der Waals surface area contributed by atoms with E-state index in [4.69, 9.17) is 28.6 Å². The third-order valence-electron chi connectivity index (χ3n) is 6.74. The quantitative estimate of drug-likeness (QED) is 0.271. The molecular formula is C28H28ClN5O3S2. The number of pyridine rings is 1. The highest BCUT2D eigenvalue weighted by atomic mass is 35.5. The Morgan fingerprint density at radius 1 is 1.08 bits per heavy atom. The van der Waals surface area contributed by atoms with Crippen molar-refractivity contribution in [2.24, 2.45) is 0 Å². The van der Waals surface area contributed by atoms with Crippen LogP contribution in [-0.2, 0) is 10.0 Å². The van der Waals surface area contributed by atoms with E-state index in [0.717, 1.165) is 34.6 Å². The third kappa shape index (κ3) is 5.19. The highest BCUT2D eigenvalue weighted by Crippen LogP contribution is 2.45. The maximum Gasteiger partial charge on any atom is 0.229 e. The van der Waals surface area contributed by atoms with E-state index in [0.29, 0.717) is 27.3 Å². The van der Waals surface area contributed by atoms with Crippen molar-refractivity contribution in [2.75, 3.05) is 23.0 Å². The standard InChI is InChI=1S/C28H28ClN5O3S2/c1-17-15-20(18(2)33(17)24-11-6-5-9-21(24)29)27-26(22-10-7-8-14-30-22)31-28(38)34(27)19-12-13-25(37-3)23(16-19)32-39(4,35)36/h5-16,26-27,32H,1-4H3,(H,31,38)/t26-,27+/m0/s1. The summed E-state index contributed by atoms with van der Waals surface area (Å²) in [7, 11) is -2.06. The van der Waals surface area contributed by atoms with Gasteiger partial charge in [0.15, 0.2) is 5.11 Å². The van der Waals surface area contributed by atoms with E-state index < -0.39 is 10.0 Å². The van der Waals surface area contributed by atoms with E-state index in [2.05, 4.69) is 32.6 Å². The van der Waals surface area contributed by atoms with Crippen LogP contribution >= 0.6 is 23.8 Å². The first-order valence-electron chi connectivity index (χ1n) is 12.2. The molecule has 4 aromatic rings. The molecule has 0 spiro atoms. The van der Waals surface area contributed by atoms with Gasteiger partial charge in [-0.2, -0.15) is 0 Å². The number of nitrogens with zero attached hydrogens (tertiary/aromatic N) is 3. The van der Waals surface area contributed by atoms with Crippen LogP contribution in [0.5, 0.6) is 5.75 Å². The number of aryl methyl sites for hydroxylation is 1. The molecule has 202 valence electrons. The summed E-state index contributed by atoms with van der Waals surface area (Å²) in [4.78, 5) is 6.64. The molecule has 0 bridgehead atoms. The second-order valence-corrected chi connectivity index (χ2v) is 11.9. The van der Waals surface area contributed by atoms with Crippen LogP contribution in [0.4, 0.5) is 11.4 Å². The Kier molecular flexibility index (Phi) is 7.28. The second kappa shape index (κ2) is 10.5. The number of thiocarbonyl (C=S) groups is 1. The van der Waals surface area contributed by atoms with Crippen molar-refractivity contribution in [3.63, 3.8) is 0 Å². The first kappa shape index (κ1) is 27.0. The summed E-state index contributed by atoms with van der Waals surface area (Å²) in [6.45, 7) is 4.10. The molecule has 2 aromatic heterocycles. The fourth-order valence-electron chi connectivity index (χ4n) is 5.17. The molecular weight excluding hydrogens is 554 g/mol. The van der Waals surface area contributed by atoms with Crippen molar-refractivity contribution >= 4 is 50.3 Å². The van der Waals surface area contributed by atoms with Crippen LogP contribution in [0, 0.1) is 13.8 Å². The predicted molar refractivity (Wildman–Crippen MR) is 160 cm³/mol. The van der Waals surface area contributed by atoms with Crippen LogP contribution in [0.3, 0.4) is 0 Å². The number of hydrogen-bond donors (Lipinski definition) is 2. The summed E-state index contributed by atoms with van der Waals surface area (Å²) in [5.74, 6) is 0.400. The summed E-state index contributed by atoms with van der Waals surface area (Å²) in [6.07, 6.45) is 2.86. The summed E-state index contributed by atoms with van der Waals surface area (Å²) in [5, 5.41) is 4.60. The molecule has 3 heterocycles. The molecule has 2 aromatic carbocycles. The van der Waals surface area contributed by atoms with E-state index in [1.54, 1.807) is 18.3 Å². The third-order valence-corrected chi connectivity index (χ3v) is 7.96. The highest BCUT2D eigenvalue weighted by Gasteiger charge is 2.42. The van der Waals surface area contributed by atoms with Crippen molar-refractivity contribution in [1.29, 1.82) is 0 Å². The van der Waals surface area contributed by atoms with Crippen LogP contribution in [0.25, 0.3) is 5.69 Å². The Morgan fingerprint density at radius 2 is 1.82 bits per heavy atom. The first-order chi connectivity index (χ1) is 18.6. The van der Waals surface area contributed by atoms with Crippen molar-refractivity contribution in [2.45, 2.75) is 25.9 Å². The fraction of sp³-hybridized carbons (Fsp3) is 0.214. The lowest BCUT2D eigenvalue weighted by Gasteiger charge is -2.29. The van der Waals surface area contributed by atoms with Gasteiger partial charge < -0.3 is 19.5 Å². The summed E-state index contributed by atoms with van der Waals surface area (Å²) in [6, 6.07) is 20.4. The number of benzene rings is 2. The number of halogens is 1. The molecule has 0 aliphatic carbocycles. The summed E-state index contributed by atoms with van der Waals surface area (Å²) < 4.78 is 34.3. The average Bonchev–Trinajstić information content (AvgIpc) is 3.39. The van der Waals surface area contributed by atoms with E-state index in [-0.39, 0.29) is 12.1 Å². The molecule has 0 unspecified atom stereocenters. The largest absolute Gasteiger partial charge is 0.495 e. The zero-order valence-electron chi connectivity index (χ0n) is 21.8. The molecule has 2 N–H and O–H groups in total. The smallest absolute Gasteiger partial charge is 0.229 e. The molecule has 39 heavy (non-hydrogen) atoms. The number of rotatable bonds is 7. The number of para-hydroxylation sites is 1. The van der Waals surface area contributed by atoms with E-state index in [1.165, 1.54) is 7.11 Å². The Labute approximate surface area is 238 Å². The SMILES string of the molecule is COc1ccc(N2C(=S)N[C@@H](c3ccccn3)[C@H]2c2cc(C)n(-c3ccccc3Cl)c2C)cc1NS(C)(=O)=O. The van der Waals surface area contributed by atoms with Gasteiger partial charge in [-0.25, -0.2) is 8.42 Å². The van der Waals surface area contributed by atoms with Crippen molar-refractivity contribution in [1.82, 2.24) is 14.9 Å². The van der Waals surface area contributed by atoms with Gasteiger partial charge in [0.05, 0.1) is 47.5 Å². The zero-order chi connectivity index (χ0) is 27.9. The lowest BCUT2D eigenvalue weighted by atomic mass is 9.96. The van der Waals surface area contributed by atoms with E-state index in [9.17, 15) is 8.42 Å². The van der Waals surface area contributed by atoms with Gasteiger partial charge in [-0.3, -0.25) is 9.71 Å². The van der Waals surface area contributed by atoms with E-state index >= 15 is 0 Å². The number of sulfonamides is 1. The first-order valence-corrected chi connectivity index (χ1v) is 14.9. The van der Waals surface area contributed by atoms with Gasteiger partial charge in [0.2, 0.25) is 10.0 Å². The van der Waals surface area contributed by atoms with Gasteiger partial charge in [-0.15, -0.1) is 0 Å². The minimum Gasteiger partial charge on any atom is -0.495 e. The molecule has 2 atom stereocenters. The molecule has 1 fully saturated rings. The molecule has 0 radical (unpaired) electrons. The van der Waals surface area contributed by atoms with Crippen LogP contribution in [-0.4, -0.2) is 36.4 Å². The van der Waals surface area contributed by atoms with Gasteiger partial charge in [-0.05, 0) is 80.2 Å². The molecule has 0 amide bonds. The second-order valence-electron chi connectivity index (χ2n) is 9.37. The number of hydrogen-bond acceptors (Lipinski definition) is 5. The maximum absolute atomic E-state index is 12.1. The van der Waals surface area contributed by atoms with Crippen molar-refractivity contribution in [3.05, 3.63) is 101 Å². The van der Waals surface area contributed by atoms with Gasteiger partial charge in [0.25, 0.3) is 0 Å². The van der Waals surface area contributed by atoms with Crippen LogP contribution in [0.2, 0.25) is 5.02 Å². The Bertz CT molecular complexity index is 1660. The summed E-state index contributed by atoms with van der Waals surface area (Å²) >= 11 is 12.5. The van der Waals surface area contributed by atoms with Gasteiger partial charge >= 0.3 is 0 Å². The monoisotopic (exact) mass is 581 g/mol. The molecule has 8 nitrogen and oxygen atoms in total. The highest BCUT2D eigenvalue weighted by molar-refractivity contribution is 7.92. The van der Waals surface area contributed by atoms with Crippen LogP contribution in [0.1, 0.15) is 34.7 Å². The molecule has 0 saturated carbocycles.